The largest absolute Gasteiger partial charge is 0.329 e. The average molecular weight is 446 g/mol. The molecule has 7 nitrogen and oxygen atoms in total. The van der Waals surface area contributed by atoms with Gasteiger partial charge < -0.3 is 4.90 Å². The zero-order chi connectivity index (χ0) is 23.0. The summed E-state index contributed by atoms with van der Waals surface area (Å²) in [5, 5.41) is 26.1. The van der Waals surface area contributed by atoms with Crippen LogP contribution < -0.4 is 10.5 Å². The average Bonchev–Trinajstić information content (AvgIpc) is 2.77. The number of halogens is 1. The predicted octanol–water partition coefficient (Wildman–Crippen LogP) is 5.15. The van der Waals surface area contributed by atoms with E-state index in [-0.39, 0.29) is 11.0 Å². The minimum absolute atomic E-state index is 0.0450. The molecule has 2 aromatic carbocycles. The van der Waals surface area contributed by atoms with Crippen molar-refractivity contribution in [2.45, 2.75) is 26.2 Å². The summed E-state index contributed by atoms with van der Waals surface area (Å²) in [4.78, 5) is 6.37. The Bertz CT molecular complexity index is 1370. The van der Waals surface area contributed by atoms with E-state index >= 15 is 0 Å². The van der Waals surface area contributed by atoms with Crippen molar-refractivity contribution in [2.24, 2.45) is 0 Å². The van der Waals surface area contributed by atoms with Gasteiger partial charge in [-0.05, 0) is 42.5 Å². The van der Waals surface area contributed by atoms with Crippen LogP contribution in [0.1, 0.15) is 26.5 Å². The maximum atomic E-state index is 8.28. The molecule has 2 heterocycles. The molecule has 4 aromatic rings. The lowest BCUT2D eigenvalue weighted by atomic mass is 9.92. The molecule has 0 amide bonds. The van der Waals surface area contributed by atoms with Crippen molar-refractivity contribution in [3.63, 3.8) is 0 Å². The van der Waals surface area contributed by atoms with Gasteiger partial charge in [0.05, 0.1) is 23.2 Å². The molecule has 32 heavy (non-hydrogen) atoms. The van der Waals surface area contributed by atoms with Crippen LogP contribution in [0.4, 0.5) is 11.5 Å². The number of aromatic nitrogens is 4. The molecular weight excluding hydrogens is 422 g/mol. The van der Waals surface area contributed by atoms with Crippen LogP contribution in [0, 0.1) is 10.8 Å². The summed E-state index contributed by atoms with van der Waals surface area (Å²) in [6.07, 6.45) is 1.07. The number of fused-ring (bicyclic) bond motifs is 1. The summed E-state index contributed by atoms with van der Waals surface area (Å²) in [6, 6.07) is 17.3. The van der Waals surface area contributed by atoms with Crippen LogP contribution in [-0.4, -0.2) is 33.1 Å². The van der Waals surface area contributed by atoms with Crippen molar-refractivity contribution in [2.75, 3.05) is 11.9 Å². The molecule has 0 atom stereocenters. The zero-order valence-corrected chi connectivity index (χ0v) is 19.1. The van der Waals surface area contributed by atoms with Crippen molar-refractivity contribution in [3.8, 4) is 11.3 Å². The van der Waals surface area contributed by atoms with Crippen molar-refractivity contribution in [3.05, 3.63) is 70.9 Å². The van der Waals surface area contributed by atoms with E-state index in [1.54, 1.807) is 12.1 Å². The Morgan fingerprint density at radius 2 is 1.81 bits per heavy atom. The lowest BCUT2D eigenvalue weighted by molar-refractivity contribution is 0.559. The SMILES string of the molecule is CN(c1cccc(-c2ccc(C(C)(C)C)nn2)c1)c1nc(=N)n(C=N)c2cc(Cl)ccc12. The summed E-state index contributed by atoms with van der Waals surface area (Å²) in [6.45, 7) is 6.33. The second-order valence-corrected chi connectivity index (χ2v) is 9.02. The van der Waals surface area contributed by atoms with E-state index in [9.17, 15) is 0 Å². The lowest BCUT2D eigenvalue weighted by Gasteiger charge is -2.22. The maximum Gasteiger partial charge on any atom is 0.229 e. The molecular formula is C24H24ClN7. The number of anilines is 2. The molecule has 0 fully saturated rings. The van der Waals surface area contributed by atoms with Gasteiger partial charge in [0.25, 0.3) is 0 Å². The maximum absolute atomic E-state index is 8.28. The van der Waals surface area contributed by atoms with Gasteiger partial charge in [0.15, 0.2) is 0 Å². The molecule has 0 spiro atoms. The fraction of sp³-hybridized carbons (Fsp3) is 0.208. The van der Waals surface area contributed by atoms with Crippen LogP contribution in [0.25, 0.3) is 22.2 Å². The summed E-state index contributed by atoms with van der Waals surface area (Å²) < 4.78 is 1.39. The van der Waals surface area contributed by atoms with E-state index in [0.29, 0.717) is 16.4 Å². The quantitative estimate of drug-likeness (QED) is 0.335. The number of hydrogen-bond acceptors (Lipinski definition) is 6. The van der Waals surface area contributed by atoms with Gasteiger partial charge in [0.1, 0.15) is 5.82 Å². The Balaban J connectivity index is 1.78. The molecule has 0 aliphatic rings. The molecule has 0 bridgehead atoms. The Kier molecular flexibility index (Phi) is 5.52. The van der Waals surface area contributed by atoms with Crippen LogP contribution in [-0.2, 0) is 5.41 Å². The fourth-order valence-corrected chi connectivity index (χ4v) is 3.66. The summed E-state index contributed by atoms with van der Waals surface area (Å²) >= 11 is 6.18. The van der Waals surface area contributed by atoms with Gasteiger partial charge in [-0.25, -0.2) is 0 Å². The Labute approximate surface area is 191 Å². The van der Waals surface area contributed by atoms with Gasteiger partial charge in [-0.1, -0.05) is 44.5 Å². The summed E-state index contributed by atoms with van der Waals surface area (Å²) in [5.41, 5.74) is 4.10. The molecule has 0 radical (unpaired) electrons. The van der Waals surface area contributed by atoms with E-state index in [1.807, 2.05) is 54.4 Å². The first-order valence-corrected chi connectivity index (χ1v) is 10.5. The van der Waals surface area contributed by atoms with Gasteiger partial charge in [-0.15, -0.1) is 0 Å². The second kappa shape index (κ2) is 8.16. The number of rotatable bonds is 4. The highest BCUT2D eigenvalue weighted by Gasteiger charge is 2.17. The topological polar surface area (TPSA) is 94.5 Å². The van der Waals surface area contributed by atoms with Gasteiger partial charge in [0, 0.05) is 34.1 Å². The van der Waals surface area contributed by atoms with Crippen molar-refractivity contribution in [1.29, 1.82) is 10.8 Å². The van der Waals surface area contributed by atoms with E-state index in [1.165, 1.54) is 4.57 Å². The van der Waals surface area contributed by atoms with Gasteiger partial charge >= 0.3 is 0 Å². The molecule has 0 aliphatic heterocycles. The standard InChI is InChI=1S/C24H24ClN7/c1-24(2,3)21-11-10-19(29-30-21)15-6-5-7-17(12-15)31(4)22-18-9-8-16(25)13-20(18)32(14-26)23(27)28-22/h5-14,26-27H,1-4H3. The molecule has 0 saturated heterocycles. The van der Waals surface area contributed by atoms with Crippen LogP contribution in [0.2, 0.25) is 5.02 Å². The predicted molar refractivity (Wildman–Crippen MR) is 129 cm³/mol. The Morgan fingerprint density at radius 1 is 1.03 bits per heavy atom. The third-order valence-corrected chi connectivity index (χ3v) is 5.54. The zero-order valence-electron chi connectivity index (χ0n) is 18.4. The molecule has 2 aromatic heterocycles. The summed E-state index contributed by atoms with van der Waals surface area (Å²) in [5.74, 6) is 0.603. The number of benzene rings is 2. The number of nitrogens with zero attached hydrogens (tertiary/aromatic N) is 5. The molecule has 2 N–H and O–H groups in total. The molecule has 0 saturated carbocycles. The summed E-state index contributed by atoms with van der Waals surface area (Å²) in [7, 11) is 1.90. The highest BCUT2D eigenvalue weighted by molar-refractivity contribution is 6.31. The smallest absolute Gasteiger partial charge is 0.229 e. The first kappa shape index (κ1) is 21.6. The van der Waals surface area contributed by atoms with Crippen molar-refractivity contribution < 1.29 is 0 Å². The monoisotopic (exact) mass is 445 g/mol. The number of hydrogen-bond donors (Lipinski definition) is 2. The van der Waals surface area contributed by atoms with Crippen molar-refractivity contribution in [1.82, 2.24) is 19.7 Å². The third kappa shape index (κ3) is 3.99. The molecule has 0 unspecified atom stereocenters. The van der Waals surface area contributed by atoms with Crippen LogP contribution >= 0.6 is 11.6 Å². The number of nitrogens with one attached hydrogen (secondary N) is 2. The molecule has 0 aliphatic carbocycles. The lowest BCUT2D eigenvalue weighted by Crippen LogP contribution is -2.26. The van der Waals surface area contributed by atoms with E-state index in [2.05, 4.69) is 36.0 Å². The molecule has 4 rings (SSSR count). The van der Waals surface area contributed by atoms with E-state index in [4.69, 9.17) is 22.4 Å². The highest BCUT2D eigenvalue weighted by Crippen LogP contribution is 2.31. The second-order valence-electron chi connectivity index (χ2n) is 8.58. The first-order chi connectivity index (χ1) is 15.2. The minimum Gasteiger partial charge on any atom is -0.329 e. The van der Waals surface area contributed by atoms with E-state index < -0.39 is 0 Å². The van der Waals surface area contributed by atoms with Gasteiger partial charge in [-0.2, -0.15) is 15.2 Å². The van der Waals surface area contributed by atoms with Crippen LogP contribution in [0.3, 0.4) is 0 Å². The molecule has 162 valence electrons. The van der Waals surface area contributed by atoms with Crippen LogP contribution in [0.15, 0.2) is 54.6 Å². The van der Waals surface area contributed by atoms with Gasteiger partial charge in [-0.3, -0.25) is 15.4 Å². The first-order valence-electron chi connectivity index (χ1n) is 10.1. The Morgan fingerprint density at radius 3 is 2.47 bits per heavy atom. The highest BCUT2D eigenvalue weighted by atomic mass is 35.5. The van der Waals surface area contributed by atoms with Crippen LogP contribution in [0.5, 0.6) is 0 Å². The minimum atomic E-state index is -0.0577. The van der Waals surface area contributed by atoms with Gasteiger partial charge in [0.2, 0.25) is 5.62 Å². The fourth-order valence-electron chi connectivity index (χ4n) is 3.49. The molecule has 8 heteroatoms. The third-order valence-electron chi connectivity index (χ3n) is 5.31. The van der Waals surface area contributed by atoms with E-state index in [0.717, 1.165) is 34.4 Å². The Hall–Kier alpha value is -3.58. The normalized spacial score (nSPS) is 11.5. The van der Waals surface area contributed by atoms with Crippen molar-refractivity contribution >= 4 is 40.3 Å².